The zero-order valence-corrected chi connectivity index (χ0v) is 13.3. The van der Waals surface area contributed by atoms with Gasteiger partial charge in [0.1, 0.15) is 11.5 Å². The Morgan fingerprint density at radius 2 is 1.56 bits per heavy atom. The van der Waals surface area contributed by atoms with E-state index in [0.717, 1.165) is 10.2 Å². The number of hydrogen-bond acceptors (Lipinski definition) is 1. The van der Waals surface area contributed by atoms with Gasteiger partial charge in [-0.2, -0.15) is 0 Å². The largest absolute Gasteiger partial charge is 0.457 e. The molecule has 1 nitrogen and oxygen atoms in total. The summed E-state index contributed by atoms with van der Waals surface area (Å²) in [4.78, 5) is 0. The van der Waals surface area contributed by atoms with Gasteiger partial charge in [-0.25, -0.2) is 0 Å². The number of hydrogen-bond donors (Lipinski definition) is 0. The van der Waals surface area contributed by atoms with E-state index in [4.69, 9.17) is 4.74 Å². The van der Waals surface area contributed by atoms with Crippen molar-refractivity contribution in [3.05, 3.63) is 65.9 Å². The van der Waals surface area contributed by atoms with E-state index in [2.05, 4.69) is 29.1 Å². The van der Waals surface area contributed by atoms with Crippen LogP contribution in [0.2, 0.25) is 0 Å². The van der Waals surface area contributed by atoms with Crippen molar-refractivity contribution in [3.63, 3.8) is 0 Å². The average Bonchev–Trinajstić information content (AvgIpc) is 2.45. The second-order valence-electron chi connectivity index (χ2n) is 2.56. The number of benzene rings is 1. The fourth-order valence-electron chi connectivity index (χ4n) is 0.899. The lowest BCUT2D eigenvalue weighted by atomic mass is 10.3. The molecule has 0 fully saturated rings. The first kappa shape index (κ1) is 19.1. The molecule has 0 radical (unpaired) electrons. The van der Waals surface area contributed by atoms with Gasteiger partial charge >= 0.3 is 0 Å². The number of allylic oxidation sites excluding steroid dienone is 3. The second-order valence-corrected chi connectivity index (χ2v) is 3.48. The highest BCUT2D eigenvalue weighted by Crippen LogP contribution is 2.18. The fourth-order valence-corrected chi connectivity index (χ4v) is 1.16. The molecule has 0 heterocycles. The van der Waals surface area contributed by atoms with Crippen LogP contribution in [0.1, 0.15) is 27.7 Å². The molecule has 0 aromatic heterocycles. The molecule has 18 heavy (non-hydrogen) atoms. The summed E-state index contributed by atoms with van der Waals surface area (Å²) in [6.07, 6.45) is 5.06. The Morgan fingerprint density at radius 1 is 1.06 bits per heavy atom. The molecule has 100 valence electrons. The maximum atomic E-state index is 5.51. The van der Waals surface area contributed by atoms with Crippen molar-refractivity contribution in [2.75, 3.05) is 0 Å². The first-order valence-corrected chi connectivity index (χ1v) is 6.94. The lowest BCUT2D eigenvalue weighted by molar-refractivity contribution is 0.445. The molecule has 0 unspecified atom stereocenters. The zero-order chi connectivity index (χ0) is 14.4. The Hall–Kier alpha value is -1.28. The highest BCUT2D eigenvalue weighted by atomic mass is 79.9. The predicted molar refractivity (Wildman–Crippen MR) is 85.9 cm³/mol. The predicted octanol–water partition coefficient (Wildman–Crippen LogP) is 6.14. The van der Waals surface area contributed by atoms with Gasteiger partial charge in [0, 0.05) is 4.47 Å². The Morgan fingerprint density at radius 3 is 1.94 bits per heavy atom. The standard InChI is InChI=1S/C12H11BrO.2C2H6/c1-3-5-11(4-2)14-12-8-6-10(13)7-9-12;2*1-2/h3-9H,1-2H2;2*1-2H3/b11-5+;;. The van der Waals surface area contributed by atoms with Crippen LogP contribution in [-0.4, -0.2) is 0 Å². The van der Waals surface area contributed by atoms with Gasteiger partial charge < -0.3 is 4.74 Å². The highest BCUT2D eigenvalue weighted by molar-refractivity contribution is 9.10. The van der Waals surface area contributed by atoms with Crippen molar-refractivity contribution in [1.29, 1.82) is 0 Å². The van der Waals surface area contributed by atoms with Crippen LogP contribution in [0.25, 0.3) is 0 Å². The van der Waals surface area contributed by atoms with Gasteiger partial charge in [0.2, 0.25) is 0 Å². The SMILES string of the molecule is C=C/C=C(\C=C)Oc1ccc(Br)cc1.CC.CC. The third-order valence-electron chi connectivity index (χ3n) is 1.53. The molecule has 2 heteroatoms. The molecule has 0 aliphatic rings. The summed E-state index contributed by atoms with van der Waals surface area (Å²) in [6, 6.07) is 7.60. The quantitative estimate of drug-likeness (QED) is 0.479. The van der Waals surface area contributed by atoms with E-state index in [1.165, 1.54) is 0 Å². The maximum absolute atomic E-state index is 5.51. The first-order chi connectivity index (χ1) is 8.76. The number of ether oxygens (including phenoxy) is 1. The van der Waals surface area contributed by atoms with Crippen LogP contribution >= 0.6 is 15.9 Å². The number of halogens is 1. The maximum Gasteiger partial charge on any atom is 0.127 e. The van der Waals surface area contributed by atoms with Crippen molar-refractivity contribution in [3.8, 4) is 5.75 Å². The second kappa shape index (κ2) is 13.8. The van der Waals surface area contributed by atoms with Gasteiger partial charge in [-0.05, 0) is 36.4 Å². The summed E-state index contributed by atoms with van der Waals surface area (Å²) in [5, 5.41) is 0. The third-order valence-corrected chi connectivity index (χ3v) is 2.06. The summed E-state index contributed by atoms with van der Waals surface area (Å²) >= 11 is 3.35. The zero-order valence-electron chi connectivity index (χ0n) is 11.7. The van der Waals surface area contributed by atoms with Crippen LogP contribution in [0, 0.1) is 0 Å². The first-order valence-electron chi connectivity index (χ1n) is 6.15. The van der Waals surface area contributed by atoms with E-state index in [1.807, 2.05) is 52.0 Å². The van der Waals surface area contributed by atoms with Gasteiger partial charge in [0.05, 0.1) is 0 Å². The van der Waals surface area contributed by atoms with Crippen LogP contribution in [-0.2, 0) is 0 Å². The summed E-state index contributed by atoms with van der Waals surface area (Å²) < 4.78 is 6.54. The van der Waals surface area contributed by atoms with Crippen molar-refractivity contribution >= 4 is 15.9 Å². The molecule has 1 rings (SSSR count). The summed E-state index contributed by atoms with van der Waals surface area (Å²) in [5.41, 5.74) is 0. The van der Waals surface area contributed by atoms with Gasteiger partial charge in [0.15, 0.2) is 0 Å². The third kappa shape index (κ3) is 8.82. The topological polar surface area (TPSA) is 9.23 Å². The van der Waals surface area contributed by atoms with Gasteiger partial charge in [-0.1, -0.05) is 62.9 Å². The van der Waals surface area contributed by atoms with Gasteiger partial charge in [-0.15, -0.1) is 0 Å². The van der Waals surface area contributed by atoms with Crippen molar-refractivity contribution in [2.24, 2.45) is 0 Å². The Balaban J connectivity index is 0. The van der Waals surface area contributed by atoms with Crippen molar-refractivity contribution < 1.29 is 4.74 Å². The Kier molecular flexibility index (Phi) is 14.6. The van der Waals surface area contributed by atoms with Crippen LogP contribution in [0.5, 0.6) is 5.75 Å². The minimum atomic E-state index is 0.683. The van der Waals surface area contributed by atoms with Crippen LogP contribution in [0.15, 0.2) is 65.9 Å². The smallest absolute Gasteiger partial charge is 0.127 e. The van der Waals surface area contributed by atoms with Gasteiger partial charge in [0.25, 0.3) is 0 Å². The average molecular weight is 311 g/mol. The molecule has 0 saturated heterocycles. The van der Waals surface area contributed by atoms with E-state index in [0.29, 0.717) is 5.76 Å². The lowest BCUT2D eigenvalue weighted by Gasteiger charge is -2.05. The molecule has 1 aromatic rings. The molecule has 1 aromatic carbocycles. The van der Waals surface area contributed by atoms with E-state index in [1.54, 1.807) is 18.2 Å². The molecule has 0 aliphatic heterocycles. The highest BCUT2D eigenvalue weighted by Gasteiger charge is 1.95. The molecular weight excluding hydrogens is 288 g/mol. The summed E-state index contributed by atoms with van der Waals surface area (Å²) in [7, 11) is 0. The monoisotopic (exact) mass is 310 g/mol. The Labute approximate surface area is 120 Å². The lowest BCUT2D eigenvalue weighted by Crippen LogP contribution is -1.90. The molecule has 0 amide bonds. The minimum absolute atomic E-state index is 0.683. The molecule has 0 atom stereocenters. The number of rotatable bonds is 4. The summed E-state index contributed by atoms with van der Waals surface area (Å²) in [5.74, 6) is 1.46. The van der Waals surface area contributed by atoms with Crippen LogP contribution in [0.4, 0.5) is 0 Å². The molecule has 0 aliphatic carbocycles. The normalized spacial score (nSPS) is 9.06. The molecular formula is C16H23BrO. The van der Waals surface area contributed by atoms with E-state index in [9.17, 15) is 0 Å². The van der Waals surface area contributed by atoms with Crippen molar-refractivity contribution in [1.82, 2.24) is 0 Å². The minimum Gasteiger partial charge on any atom is -0.457 e. The van der Waals surface area contributed by atoms with E-state index in [-0.39, 0.29) is 0 Å². The molecule has 0 spiro atoms. The van der Waals surface area contributed by atoms with Crippen LogP contribution in [0.3, 0.4) is 0 Å². The molecule has 0 N–H and O–H groups in total. The molecule has 0 saturated carbocycles. The summed E-state index contributed by atoms with van der Waals surface area (Å²) in [6.45, 7) is 15.2. The Bertz CT molecular complexity index is 350. The van der Waals surface area contributed by atoms with E-state index < -0.39 is 0 Å². The van der Waals surface area contributed by atoms with Crippen LogP contribution < -0.4 is 4.74 Å². The van der Waals surface area contributed by atoms with E-state index >= 15 is 0 Å². The van der Waals surface area contributed by atoms with Gasteiger partial charge in [-0.3, -0.25) is 0 Å². The fraction of sp³-hybridized carbons (Fsp3) is 0.250. The van der Waals surface area contributed by atoms with Crippen molar-refractivity contribution in [2.45, 2.75) is 27.7 Å². The molecule has 0 bridgehead atoms.